The molecule has 1 aromatic heterocycles. The summed E-state index contributed by atoms with van der Waals surface area (Å²) in [6, 6.07) is 10.6. The van der Waals surface area contributed by atoms with Crippen molar-refractivity contribution in [2.24, 2.45) is 5.10 Å². The van der Waals surface area contributed by atoms with Gasteiger partial charge in [0.15, 0.2) is 0 Å². The van der Waals surface area contributed by atoms with Crippen LogP contribution in [0.5, 0.6) is 5.75 Å². The molecule has 10 heteroatoms. The minimum atomic E-state index is -0.522. The number of rotatable bonds is 8. The Hall–Kier alpha value is -2.25. The Bertz CT molecular complexity index is 1150. The summed E-state index contributed by atoms with van der Waals surface area (Å²) < 4.78 is 6.69. The average molecular weight is 500 g/mol. The summed E-state index contributed by atoms with van der Waals surface area (Å²) in [6.07, 6.45) is 3.94. The van der Waals surface area contributed by atoms with E-state index in [1.165, 1.54) is 6.20 Å². The molecule has 162 valence electrons. The normalized spacial score (nSPS) is 11.1. The third kappa shape index (κ3) is 5.92. The summed E-state index contributed by atoms with van der Waals surface area (Å²) in [7, 11) is 0. The zero-order chi connectivity index (χ0) is 22.4. The number of halogens is 4. The van der Waals surface area contributed by atoms with Crippen LogP contribution in [0.1, 0.15) is 24.5 Å². The Morgan fingerprint density at radius 3 is 2.48 bits per heavy atom. The van der Waals surface area contributed by atoms with Crippen LogP contribution in [0.4, 0.5) is 5.69 Å². The Labute approximate surface area is 199 Å². The van der Waals surface area contributed by atoms with Gasteiger partial charge in [0.25, 0.3) is 5.56 Å². The first-order valence-corrected chi connectivity index (χ1v) is 10.8. The number of anilines is 1. The second kappa shape index (κ2) is 10.9. The lowest BCUT2D eigenvalue weighted by Gasteiger charge is -2.11. The van der Waals surface area contributed by atoms with E-state index in [1.54, 1.807) is 18.3 Å². The monoisotopic (exact) mass is 498 g/mol. The molecule has 0 saturated heterocycles. The van der Waals surface area contributed by atoms with Crippen LogP contribution < -0.4 is 15.7 Å². The highest BCUT2D eigenvalue weighted by Gasteiger charge is 2.14. The van der Waals surface area contributed by atoms with Crippen molar-refractivity contribution in [2.75, 3.05) is 12.0 Å². The number of aromatic nitrogens is 2. The maximum Gasteiger partial charge on any atom is 0.288 e. The molecule has 0 amide bonds. The van der Waals surface area contributed by atoms with Gasteiger partial charge in [-0.15, -0.1) is 0 Å². The van der Waals surface area contributed by atoms with Crippen molar-refractivity contribution < 1.29 is 4.74 Å². The molecule has 0 bridgehead atoms. The van der Waals surface area contributed by atoms with Gasteiger partial charge in [-0.2, -0.15) is 10.2 Å². The largest absolute Gasteiger partial charge is 0.494 e. The van der Waals surface area contributed by atoms with E-state index in [9.17, 15) is 4.79 Å². The number of hydrogen-bond donors (Lipinski definition) is 1. The first kappa shape index (κ1) is 23.4. The second-order valence-corrected chi connectivity index (χ2v) is 8.01. The van der Waals surface area contributed by atoms with Gasteiger partial charge < -0.3 is 4.74 Å². The maximum atomic E-state index is 12.6. The van der Waals surface area contributed by atoms with Crippen LogP contribution in [0.25, 0.3) is 0 Å². The van der Waals surface area contributed by atoms with Crippen molar-refractivity contribution in [3.8, 4) is 5.75 Å². The summed E-state index contributed by atoms with van der Waals surface area (Å²) in [5.74, 6) is 0.794. The van der Waals surface area contributed by atoms with Gasteiger partial charge in [0.05, 0.1) is 35.6 Å². The van der Waals surface area contributed by atoms with Crippen LogP contribution in [-0.4, -0.2) is 22.6 Å². The third-order valence-electron chi connectivity index (χ3n) is 4.18. The van der Waals surface area contributed by atoms with E-state index < -0.39 is 5.56 Å². The smallest absolute Gasteiger partial charge is 0.288 e. The van der Waals surface area contributed by atoms with Gasteiger partial charge in [-0.25, -0.2) is 4.68 Å². The molecule has 0 saturated carbocycles. The highest BCUT2D eigenvalue weighted by atomic mass is 35.5. The Morgan fingerprint density at radius 2 is 1.77 bits per heavy atom. The zero-order valence-corrected chi connectivity index (χ0v) is 19.4. The zero-order valence-electron chi connectivity index (χ0n) is 16.4. The first-order chi connectivity index (χ1) is 14.9. The molecule has 0 aliphatic heterocycles. The second-order valence-electron chi connectivity index (χ2n) is 6.44. The fourth-order valence-corrected chi connectivity index (χ4v) is 3.42. The van der Waals surface area contributed by atoms with Gasteiger partial charge in [-0.05, 0) is 48.4 Å². The summed E-state index contributed by atoms with van der Waals surface area (Å²) >= 11 is 24.6. The topological polar surface area (TPSA) is 68.5 Å². The Balaban J connectivity index is 1.72. The van der Waals surface area contributed by atoms with E-state index in [4.69, 9.17) is 51.1 Å². The van der Waals surface area contributed by atoms with Crippen molar-refractivity contribution in [3.63, 3.8) is 0 Å². The van der Waals surface area contributed by atoms with E-state index >= 15 is 0 Å². The molecule has 1 N–H and O–H groups in total. The predicted octanol–water partition coefficient (Wildman–Crippen LogP) is 6.14. The maximum absolute atomic E-state index is 12.6. The van der Waals surface area contributed by atoms with E-state index in [2.05, 4.69) is 15.6 Å². The molecule has 3 rings (SSSR count). The van der Waals surface area contributed by atoms with Gasteiger partial charge >= 0.3 is 0 Å². The predicted molar refractivity (Wildman–Crippen MR) is 128 cm³/mol. The highest BCUT2D eigenvalue weighted by Crippen LogP contribution is 2.31. The number of nitrogens with one attached hydrogen (secondary N) is 1. The number of hydrogen-bond acceptors (Lipinski definition) is 5. The van der Waals surface area contributed by atoms with Crippen molar-refractivity contribution in [3.05, 3.63) is 84.2 Å². The molecule has 2 aromatic carbocycles. The Kier molecular flexibility index (Phi) is 8.21. The lowest BCUT2D eigenvalue weighted by molar-refractivity contribution is 0.317. The van der Waals surface area contributed by atoms with E-state index in [1.807, 2.05) is 31.2 Å². The molecule has 0 aliphatic rings. The molecule has 0 unspecified atom stereocenters. The standard InChI is InChI=1S/C21H18Cl4N4O2/c1-2-9-31-14-5-3-13(4-6-14)10-26-28-18-11-27-29(21(30)20(18)25)12-15-16(22)7-8-17(23)19(15)24/h3-8,10-11,28H,2,9,12H2,1H3/b26-10+. The van der Waals surface area contributed by atoms with Crippen LogP contribution in [0.15, 0.2) is 52.5 Å². The van der Waals surface area contributed by atoms with Gasteiger partial charge in [0, 0.05) is 10.6 Å². The highest BCUT2D eigenvalue weighted by molar-refractivity contribution is 6.44. The van der Waals surface area contributed by atoms with Crippen LogP contribution >= 0.6 is 46.4 Å². The van der Waals surface area contributed by atoms with Crippen molar-refractivity contribution in [1.29, 1.82) is 0 Å². The molecule has 0 spiro atoms. The molecule has 6 nitrogen and oxygen atoms in total. The summed E-state index contributed by atoms with van der Waals surface area (Å²) in [6.45, 7) is 2.74. The van der Waals surface area contributed by atoms with Crippen LogP contribution in [0.2, 0.25) is 20.1 Å². The third-order valence-corrected chi connectivity index (χ3v) is 5.75. The fourth-order valence-electron chi connectivity index (χ4n) is 2.57. The Morgan fingerprint density at radius 1 is 1.06 bits per heavy atom. The van der Waals surface area contributed by atoms with Gasteiger partial charge in [0.2, 0.25) is 0 Å². The van der Waals surface area contributed by atoms with Crippen molar-refractivity contribution in [2.45, 2.75) is 19.9 Å². The molecule has 0 atom stereocenters. The van der Waals surface area contributed by atoms with Crippen LogP contribution in [0, 0.1) is 0 Å². The number of ether oxygens (including phenoxy) is 1. The van der Waals surface area contributed by atoms with Crippen LogP contribution in [-0.2, 0) is 6.54 Å². The summed E-state index contributed by atoms with van der Waals surface area (Å²) in [5.41, 5.74) is 3.80. The number of benzene rings is 2. The van der Waals surface area contributed by atoms with E-state index in [0.717, 1.165) is 22.4 Å². The molecule has 3 aromatic rings. The molecule has 0 radical (unpaired) electrons. The molecule has 31 heavy (non-hydrogen) atoms. The lowest BCUT2D eigenvalue weighted by atomic mass is 10.2. The molecule has 0 aliphatic carbocycles. The number of nitrogens with zero attached hydrogens (tertiary/aromatic N) is 3. The van der Waals surface area contributed by atoms with Gasteiger partial charge in [-0.3, -0.25) is 10.2 Å². The summed E-state index contributed by atoms with van der Waals surface area (Å²) in [4.78, 5) is 12.6. The molecule has 1 heterocycles. The molecular weight excluding hydrogens is 482 g/mol. The quantitative estimate of drug-likeness (QED) is 0.229. The van der Waals surface area contributed by atoms with Crippen LogP contribution in [0.3, 0.4) is 0 Å². The average Bonchev–Trinajstić information content (AvgIpc) is 2.77. The minimum Gasteiger partial charge on any atom is -0.494 e. The fraction of sp³-hybridized carbons (Fsp3) is 0.190. The van der Waals surface area contributed by atoms with E-state index in [-0.39, 0.29) is 22.3 Å². The van der Waals surface area contributed by atoms with Crippen molar-refractivity contribution in [1.82, 2.24) is 9.78 Å². The van der Waals surface area contributed by atoms with Gasteiger partial charge in [0.1, 0.15) is 16.5 Å². The number of hydrazone groups is 1. The van der Waals surface area contributed by atoms with Gasteiger partial charge in [-0.1, -0.05) is 53.3 Å². The SMILES string of the molecule is CCCOc1ccc(/C=N/Nc2cnn(Cc3c(Cl)ccc(Cl)c3Cl)c(=O)c2Cl)cc1. The molecule has 0 fully saturated rings. The molecular formula is C21H18Cl4N4O2. The first-order valence-electron chi connectivity index (χ1n) is 9.30. The minimum absolute atomic E-state index is 0.0206. The lowest BCUT2D eigenvalue weighted by Crippen LogP contribution is -2.24. The van der Waals surface area contributed by atoms with Crippen molar-refractivity contribution >= 4 is 58.3 Å². The summed E-state index contributed by atoms with van der Waals surface area (Å²) in [5, 5.41) is 9.13. The van der Waals surface area contributed by atoms with E-state index in [0.29, 0.717) is 22.2 Å².